The third kappa shape index (κ3) is 9.14. The molecule has 1 aromatic rings. The van der Waals surface area contributed by atoms with Gasteiger partial charge in [0.2, 0.25) is 17.8 Å². The van der Waals surface area contributed by atoms with E-state index in [2.05, 4.69) is 37.8 Å². The molecule has 0 bridgehead atoms. The molecule has 23 heavy (non-hydrogen) atoms. The maximum Gasteiger partial charge on any atom is 0.229 e. The molecule has 0 saturated heterocycles. The van der Waals surface area contributed by atoms with Crippen LogP contribution in [-0.2, 0) is 0 Å². The smallest absolute Gasteiger partial charge is 0.229 e. The molecule has 0 amide bonds. The van der Waals surface area contributed by atoms with E-state index in [0.29, 0.717) is 30.9 Å². The van der Waals surface area contributed by atoms with Crippen LogP contribution < -0.4 is 27.4 Å². The average molecular weight is 324 g/mol. The Kier molecular flexibility index (Phi) is 10.8. The molecule has 1 heterocycles. The Hall–Kier alpha value is -1.67. The second kappa shape index (κ2) is 12.8. The Balaban J connectivity index is 2.59. The number of rotatable bonds is 14. The van der Waals surface area contributed by atoms with Crippen molar-refractivity contribution in [3.05, 3.63) is 0 Å². The summed E-state index contributed by atoms with van der Waals surface area (Å²) in [4.78, 5) is 13.2. The quantitative estimate of drug-likeness (QED) is 0.325. The van der Waals surface area contributed by atoms with Crippen LogP contribution in [0, 0.1) is 0 Å². The summed E-state index contributed by atoms with van der Waals surface area (Å²) < 4.78 is 0. The molecule has 132 valence electrons. The first-order valence-corrected chi connectivity index (χ1v) is 8.68. The number of nitrogens with zero attached hydrogens (tertiary/aromatic N) is 3. The molecule has 0 aliphatic carbocycles. The van der Waals surface area contributed by atoms with E-state index in [4.69, 9.17) is 11.5 Å². The number of nitrogens with two attached hydrogens (primary N) is 2. The molecule has 0 atom stereocenters. The Morgan fingerprint density at radius 2 is 1.04 bits per heavy atom. The molecular formula is C15H32N8. The molecule has 8 nitrogen and oxygen atoms in total. The molecular weight excluding hydrogens is 292 g/mol. The maximum absolute atomic E-state index is 5.51. The minimum Gasteiger partial charge on any atom is -0.354 e. The van der Waals surface area contributed by atoms with Gasteiger partial charge >= 0.3 is 0 Å². The van der Waals surface area contributed by atoms with E-state index >= 15 is 0 Å². The highest BCUT2D eigenvalue weighted by Crippen LogP contribution is 2.10. The Morgan fingerprint density at radius 1 is 0.652 bits per heavy atom. The van der Waals surface area contributed by atoms with E-state index in [1.165, 1.54) is 0 Å². The van der Waals surface area contributed by atoms with Crippen molar-refractivity contribution in [2.24, 2.45) is 11.5 Å². The van der Waals surface area contributed by atoms with Crippen LogP contribution in [0.2, 0.25) is 0 Å². The highest BCUT2D eigenvalue weighted by Gasteiger charge is 2.05. The van der Waals surface area contributed by atoms with E-state index in [9.17, 15) is 0 Å². The van der Waals surface area contributed by atoms with Crippen molar-refractivity contribution >= 4 is 17.8 Å². The van der Waals surface area contributed by atoms with Crippen molar-refractivity contribution in [3.63, 3.8) is 0 Å². The fraction of sp³-hybridized carbons (Fsp3) is 0.800. The van der Waals surface area contributed by atoms with E-state index in [0.717, 1.165) is 58.2 Å². The zero-order chi connectivity index (χ0) is 16.8. The molecule has 1 aromatic heterocycles. The van der Waals surface area contributed by atoms with Gasteiger partial charge in [-0.05, 0) is 45.2 Å². The molecule has 0 aliphatic rings. The van der Waals surface area contributed by atoms with Gasteiger partial charge < -0.3 is 27.4 Å². The van der Waals surface area contributed by atoms with Crippen LogP contribution in [0.5, 0.6) is 0 Å². The van der Waals surface area contributed by atoms with Crippen LogP contribution >= 0.6 is 0 Å². The van der Waals surface area contributed by atoms with Crippen molar-refractivity contribution < 1.29 is 0 Å². The summed E-state index contributed by atoms with van der Waals surface area (Å²) in [5.41, 5.74) is 11.0. The van der Waals surface area contributed by atoms with Crippen LogP contribution in [0.15, 0.2) is 0 Å². The van der Waals surface area contributed by atoms with Gasteiger partial charge in [-0.15, -0.1) is 0 Å². The molecule has 0 aliphatic heterocycles. The second-order valence-corrected chi connectivity index (χ2v) is 5.43. The van der Waals surface area contributed by atoms with Gasteiger partial charge in [0.15, 0.2) is 0 Å². The Bertz CT molecular complexity index is 382. The van der Waals surface area contributed by atoms with Gasteiger partial charge in [0.1, 0.15) is 0 Å². The fourth-order valence-electron chi connectivity index (χ4n) is 1.93. The molecule has 0 unspecified atom stereocenters. The summed E-state index contributed by atoms with van der Waals surface area (Å²) in [6.45, 7) is 6.04. The average Bonchev–Trinajstić information content (AvgIpc) is 2.56. The first-order chi connectivity index (χ1) is 11.3. The molecule has 0 aromatic carbocycles. The molecule has 8 heteroatoms. The Labute approximate surface area is 139 Å². The topological polar surface area (TPSA) is 127 Å². The lowest BCUT2D eigenvalue weighted by atomic mass is 10.3. The largest absolute Gasteiger partial charge is 0.354 e. The minimum atomic E-state index is 0.595. The number of unbranched alkanes of at least 4 members (excludes halogenated alkanes) is 3. The number of aromatic nitrogens is 3. The monoisotopic (exact) mass is 324 g/mol. The SMILES string of the molecule is CCCCNc1nc(NCCCCN)nc(NCCCCN)n1. The van der Waals surface area contributed by atoms with E-state index in [-0.39, 0.29) is 0 Å². The predicted molar refractivity (Wildman–Crippen MR) is 96.8 cm³/mol. The van der Waals surface area contributed by atoms with Gasteiger partial charge in [0.25, 0.3) is 0 Å². The number of nitrogens with one attached hydrogen (secondary N) is 3. The van der Waals surface area contributed by atoms with Crippen molar-refractivity contribution in [1.29, 1.82) is 0 Å². The zero-order valence-corrected chi connectivity index (χ0v) is 14.3. The molecule has 1 rings (SSSR count). The van der Waals surface area contributed by atoms with E-state index in [1.54, 1.807) is 0 Å². The van der Waals surface area contributed by atoms with Crippen molar-refractivity contribution in [2.45, 2.75) is 45.4 Å². The lowest BCUT2D eigenvalue weighted by molar-refractivity contribution is 0.763. The predicted octanol–water partition coefficient (Wildman–Crippen LogP) is 1.39. The van der Waals surface area contributed by atoms with Gasteiger partial charge in [-0.3, -0.25) is 0 Å². The van der Waals surface area contributed by atoms with Crippen molar-refractivity contribution in [3.8, 4) is 0 Å². The van der Waals surface area contributed by atoms with Gasteiger partial charge in [-0.2, -0.15) is 15.0 Å². The summed E-state index contributed by atoms with van der Waals surface area (Å²) in [7, 11) is 0. The molecule has 0 radical (unpaired) electrons. The van der Waals surface area contributed by atoms with E-state index in [1.807, 2.05) is 0 Å². The minimum absolute atomic E-state index is 0.595. The molecule has 0 saturated carbocycles. The van der Waals surface area contributed by atoms with Crippen molar-refractivity contribution in [1.82, 2.24) is 15.0 Å². The second-order valence-electron chi connectivity index (χ2n) is 5.43. The van der Waals surface area contributed by atoms with E-state index < -0.39 is 0 Å². The van der Waals surface area contributed by atoms with Crippen LogP contribution in [0.4, 0.5) is 17.8 Å². The van der Waals surface area contributed by atoms with Gasteiger partial charge in [-0.1, -0.05) is 13.3 Å². The van der Waals surface area contributed by atoms with Crippen LogP contribution in [0.1, 0.15) is 45.4 Å². The standard InChI is InChI=1S/C15H32N8/c1-2-3-10-18-13-21-14(19-11-6-4-8-16)23-15(22-13)20-12-7-5-9-17/h2-12,16-17H2,1H3,(H3,18,19,20,21,22,23). The summed E-state index contributed by atoms with van der Waals surface area (Å²) in [5.74, 6) is 1.80. The molecule has 0 spiro atoms. The molecule has 0 fully saturated rings. The van der Waals surface area contributed by atoms with Gasteiger partial charge in [0, 0.05) is 19.6 Å². The number of hydrogen-bond acceptors (Lipinski definition) is 8. The normalized spacial score (nSPS) is 10.6. The third-order valence-corrected chi connectivity index (χ3v) is 3.28. The van der Waals surface area contributed by atoms with Gasteiger partial charge in [-0.25, -0.2) is 0 Å². The lowest BCUT2D eigenvalue weighted by Gasteiger charge is -2.11. The maximum atomic E-state index is 5.51. The first-order valence-electron chi connectivity index (χ1n) is 8.68. The number of anilines is 3. The molecule has 7 N–H and O–H groups in total. The summed E-state index contributed by atoms with van der Waals surface area (Å²) >= 11 is 0. The zero-order valence-electron chi connectivity index (χ0n) is 14.3. The van der Waals surface area contributed by atoms with Gasteiger partial charge in [0.05, 0.1) is 0 Å². The highest BCUT2D eigenvalue weighted by atomic mass is 15.3. The Morgan fingerprint density at radius 3 is 1.39 bits per heavy atom. The van der Waals surface area contributed by atoms with Crippen LogP contribution in [0.3, 0.4) is 0 Å². The van der Waals surface area contributed by atoms with Crippen LogP contribution in [-0.4, -0.2) is 47.7 Å². The third-order valence-electron chi connectivity index (χ3n) is 3.28. The summed E-state index contributed by atoms with van der Waals surface area (Å²) in [6.07, 6.45) is 6.20. The summed E-state index contributed by atoms with van der Waals surface area (Å²) in [6, 6.07) is 0. The highest BCUT2D eigenvalue weighted by molar-refractivity contribution is 5.42. The fourth-order valence-corrected chi connectivity index (χ4v) is 1.93. The lowest BCUT2D eigenvalue weighted by Crippen LogP contribution is -2.15. The van der Waals surface area contributed by atoms with Crippen LogP contribution in [0.25, 0.3) is 0 Å². The summed E-state index contributed by atoms with van der Waals surface area (Å²) in [5, 5.41) is 9.72. The first kappa shape index (κ1) is 19.4. The number of hydrogen-bond donors (Lipinski definition) is 5. The van der Waals surface area contributed by atoms with Crippen molar-refractivity contribution in [2.75, 3.05) is 48.7 Å².